The largest absolute Gasteiger partial charge is 0.439 e. The maximum atomic E-state index is 14.2. The van der Waals surface area contributed by atoms with Crippen LogP contribution in [0.15, 0.2) is 77.2 Å². The van der Waals surface area contributed by atoms with Crippen LogP contribution < -0.4 is 0 Å². The number of hydrogen-bond donors (Lipinski definition) is 0. The third kappa shape index (κ3) is 3.89. The monoisotopic (exact) mass is 394 g/mol. The van der Waals surface area contributed by atoms with Gasteiger partial charge in [-0.2, -0.15) is 0 Å². The topological polar surface area (TPSA) is 46.3 Å². The first-order valence-electron chi connectivity index (χ1n) is 8.73. The molecular formula is C22H16ClFN2O2. The van der Waals surface area contributed by atoms with Gasteiger partial charge in [0.2, 0.25) is 5.89 Å². The highest BCUT2D eigenvalue weighted by Crippen LogP contribution is 2.22. The smallest absolute Gasteiger partial charge is 0.257 e. The summed E-state index contributed by atoms with van der Waals surface area (Å²) >= 11 is 6.00. The highest BCUT2D eigenvalue weighted by molar-refractivity contribution is 6.31. The van der Waals surface area contributed by atoms with Crippen LogP contribution in [-0.4, -0.2) is 15.8 Å². The number of hydrogen-bond acceptors (Lipinski definition) is 3. The molecule has 3 aromatic carbocycles. The van der Waals surface area contributed by atoms with E-state index in [0.29, 0.717) is 28.6 Å². The van der Waals surface area contributed by atoms with Crippen molar-refractivity contribution in [3.05, 3.63) is 101 Å². The molecule has 0 aliphatic carbocycles. The average molecular weight is 395 g/mol. The van der Waals surface area contributed by atoms with Crippen LogP contribution in [0.5, 0.6) is 0 Å². The van der Waals surface area contributed by atoms with E-state index >= 15 is 0 Å². The summed E-state index contributed by atoms with van der Waals surface area (Å²) in [7, 11) is 0. The van der Waals surface area contributed by atoms with Crippen LogP contribution in [0.2, 0.25) is 5.02 Å². The lowest BCUT2D eigenvalue weighted by molar-refractivity contribution is 0.0710. The third-order valence-electron chi connectivity index (χ3n) is 4.33. The Hall–Kier alpha value is -3.18. The summed E-state index contributed by atoms with van der Waals surface area (Å²) in [5.41, 5.74) is 2.13. The van der Waals surface area contributed by atoms with E-state index < -0.39 is 11.7 Å². The van der Waals surface area contributed by atoms with E-state index in [9.17, 15) is 9.18 Å². The second kappa shape index (κ2) is 7.82. The number of amides is 1. The standard InChI is InChI=1S/C22H16ClFN2O2/c23-16-10-11-20-19(12-16)25-21(28-20)14-26(13-15-6-2-1-3-7-15)22(27)17-8-4-5-9-18(17)24/h1-12H,13-14H2. The van der Waals surface area contributed by atoms with Crippen molar-refractivity contribution in [1.82, 2.24) is 9.88 Å². The summed E-state index contributed by atoms with van der Waals surface area (Å²) in [6, 6.07) is 20.6. The van der Waals surface area contributed by atoms with Crippen molar-refractivity contribution in [3.63, 3.8) is 0 Å². The van der Waals surface area contributed by atoms with Gasteiger partial charge in [-0.1, -0.05) is 54.1 Å². The lowest BCUT2D eigenvalue weighted by atomic mass is 10.1. The zero-order valence-electron chi connectivity index (χ0n) is 14.8. The Kier molecular flexibility index (Phi) is 5.08. The molecular weight excluding hydrogens is 379 g/mol. The van der Waals surface area contributed by atoms with Crippen LogP contribution in [0, 0.1) is 5.82 Å². The third-order valence-corrected chi connectivity index (χ3v) is 4.56. The molecule has 0 fully saturated rings. The predicted octanol–water partition coefficient (Wildman–Crippen LogP) is 5.46. The molecule has 0 radical (unpaired) electrons. The van der Waals surface area contributed by atoms with Gasteiger partial charge < -0.3 is 9.32 Å². The number of rotatable bonds is 5. The van der Waals surface area contributed by atoms with E-state index in [1.54, 1.807) is 30.3 Å². The lowest BCUT2D eigenvalue weighted by Gasteiger charge is -2.21. The fourth-order valence-corrected chi connectivity index (χ4v) is 3.15. The molecule has 0 saturated carbocycles. The summed E-state index contributed by atoms with van der Waals surface area (Å²) in [6.07, 6.45) is 0. The molecule has 6 heteroatoms. The number of oxazole rings is 1. The SMILES string of the molecule is O=C(c1ccccc1F)N(Cc1ccccc1)Cc1nc2cc(Cl)ccc2o1. The molecule has 0 aliphatic heterocycles. The molecule has 28 heavy (non-hydrogen) atoms. The van der Waals surface area contributed by atoms with E-state index in [4.69, 9.17) is 16.0 Å². The van der Waals surface area contributed by atoms with Gasteiger partial charge in [-0.05, 0) is 35.9 Å². The van der Waals surface area contributed by atoms with E-state index in [1.165, 1.54) is 17.0 Å². The van der Waals surface area contributed by atoms with Crippen LogP contribution >= 0.6 is 11.6 Å². The molecule has 0 N–H and O–H groups in total. The quantitative estimate of drug-likeness (QED) is 0.451. The van der Waals surface area contributed by atoms with E-state index in [0.717, 1.165) is 5.56 Å². The fraction of sp³-hybridized carbons (Fsp3) is 0.0909. The highest BCUT2D eigenvalue weighted by Gasteiger charge is 2.22. The van der Waals surface area contributed by atoms with Gasteiger partial charge >= 0.3 is 0 Å². The van der Waals surface area contributed by atoms with Gasteiger partial charge in [-0.15, -0.1) is 0 Å². The van der Waals surface area contributed by atoms with Crippen LogP contribution in [0.3, 0.4) is 0 Å². The van der Waals surface area contributed by atoms with Crippen molar-refractivity contribution in [2.45, 2.75) is 13.1 Å². The van der Waals surface area contributed by atoms with Gasteiger partial charge in [0.1, 0.15) is 11.3 Å². The first-order valence-corrected chi connectivity index (χ1v) is 9.10. The number of halogens is 2. The minimum Gasteiger partial charge on any atom is -0.439 e. The van der Waals surface area contributed by atoms with Gasteiger partial charge in [-0.3, -0.25) is 4.79 Å². The van der Waals surface area contributed by atoms with Crippen molar-refractivity contribution in [2.75, 3.05) is 0 Å². The summed E-state index contributed by atoms with van der Waals surface area (Å²) in [6.45, 7) is 0.405. The summed E-state index contributed by atoms with van der Waals surface area (Å²) in [5.74, 6) is -0.630. The number of nitrogens with zero attached hydrogens (tertiary/aromatic N) is 2. The molecule has 1 heterocycles. The van der Waals surface area contributed by atoms with Crippen LogP contribution in [0.25, 0.3) is 11.1 Å². The van der Waals surface area contributed by atoms with E-state index in [1.807, 2.05) is 30.3 Å². The first-order chi connectivity index (χ1) is 13.6. The number of carbonyl (C=O) groups excluding carboxylic acids is 1. The molecule has 4 nitrogen and oxygen atoms in total. The Morgan fingerprint density at radius 1 is 1.00 bits per heavy atom. The molecule has 1 amide bonds. The molecule has 140 valence electrons. The van der Waals surface area contributed by atoms with Crippen molar-refractivity contribution in [3.8, 4) is 0 Å². The zero-order valence-corrected chi connectivity index (χ0v) is 15.6. The molecule has 0 bridgehead atoms. The molecule has 0 atom stereocenters. The van der Waals surface area contributed by atoms with Gasteiger partial charge in [0.15, 0.2) is 5.58 Å². The fourth-order valence-electron chi connectivity index (χ4n) is 2.99. The molecule has 4 rings (SSSR count). The van der Waals surface area contributed by atoms with Gasteiger partial charge in [0, 0.05) is 11.6 Å². The van der Waals surface area contributed by atoms with E-state index in [2.05, 4.69) is 4.98 Å². The van der Waals surface area contributed by atoms with Gasteiger partial charge in [-0.25, -0.2) is 9.37 Å². The second-order valence-corrected chi connectivity index (χ2v) is 6.78. The average Bonchev–Trinajstić information content (AvgIpc) is 3.09. The lowest BCUT2D eigenvalue weighted by Crippen LogP contribution is -2.31. The van der Waals surface area contributed by atoms with Gasteiger partial charge in [0.05, 0.1) is 12.1 Å². The Morgan fingerprint density at radius 3 is 2.54 bits per heavy atom. The van der Waals surface area contributed by atoms with Crippen molar-refractivity contribution in [2.24, 2.45) is 0 Å². The molecule has 0 spiro atoms. The Morgan fingerprint density at radius 2 is 1.75 bits per heavy atom. The number of aromatic nitrogens is 1. The summed E-state index contributed by atoms with van der Waals surface area (Å²) in [5, 5.41) is 0.552. The van der Waals surface area contributed by atoms with Crippen LogP contribution in [-0.2, 0) is 13.1 Å². The second-order valence-electron chi connectivity index (χ2n) is 6.35. The minimum atomic E-state index is -0.560. The minimum absolute atomic E-state index is 0.0117. The normalized spacial score (nSPS) is 10.9. The Bertz CT molecular complexity index is 1130. The first kappa shape index (κ1) is 18.2. The van der Waals surface area contributed by atoms with Crippen molar-refractivity contribution >= 4 is 28.6 Å². The van der Waals surface area contributed by atoms with Gasteiger partial charge in [0.25, 0.3) is 5.91 Å². The van der Waals surface area contributed by atoms with Crippen LogP contribution in [0.4, 0.5) is 4.39 Å². The maximum absolute atomic E-state index is 14.2. The Labute approximate surface area is 166 Å². The maximum Gasteiger partial charge on any atom is 0.257 e. The molecule has 0 aliphatic rings. The number of carbonyl (C=O) groups is 1. The Balaban J connectivity index is 1.67. The summed E-state index contributed by atoms with van der Waals surface area (Å²) in [4.78, 5) is 19.0. The predicted molar refractivity (Wildman–Crippen MR) is 105 cm³/mol. The van der Waals surface area contributed by atoms with Crippen molar-refractivity contribution < 1.29 is 13.6 Å². The summed E-state index contributed by atoms with van der Waals surface area (Å²) < 4.78 is 19.9. The van der Waals surface area contributed by atoms with Crippen molar-refractivity contribution in [1.29, 1.82) is 0 Å². The van der Waals surface area contributed by atoms with Crippen LogP contribution in [0.1, 0.15) is 21.8 Å². The zero-order chi connectivity index (χ0) is 19.5. The number of fused-ring (bicyclic) bond motifs is 1. The molecule has 4 aromatic rings. The highest BCUT2D eigenvalue weighted by atomic mass is 35.5. The molecule has 1 aromatic heterocycles. The number of benzene rings is 3. The molecule has 0 saturated heterocycles. The molecule has 0 unspecified atom stereocenters. The van der Waals surface area contributed by atoms with E-state index in [-0.39, 0.29) is 12.1 Å².